The molecule has 0 amide bonds. The molecule has 1 aromatic heterocycles. The lowest BCUT2D eigenvalue weighted by molar-refractivity contribution is 0.164. The second-order valence-electron chi connectivity index (χ2n) is 5.17. The molecule has 5 nitrogen and oxygen atoms in total. The zero-order chi connectivity index (χ0) is 15.6. The fourth-order valence-electron chi connectivity index (χ4n) is 2.30. The van der Waals surface area contributed by atoms with Crippen LogP contribution >= 0.6 is 27.5 Å². The Labute approximate surface area is 138 Å². The first kappa shape index (κ1) is 17.3. The van der Waals surface area contributed by atoms with Gasteiger partial charge in [0, 0.05) is 25.8 Å². The zero-order valence-electron chi connectivity index (χ0n) is 12.0. The molecule has 1 fully saturated rings. The van der Waals surface area contributed by atoms with Crippen LogP contribution in [-0.2, 0) is 20.6 Å². The molecule has 1 heterocycles. The van der Waals surface area contributed by atoms with Gasteiger partial charge in [-0.2, -0.15) is 4.31 Å². The van der Waals surface area contributed by atoms with E-state index in [1.54, 1.807) is 7.11 Å². The lowest BCUT2D eigenvalue weighted by atomic mass is 10.2. The summed E-state index contributed by atoms with van der Waals surface area (Å²) in [6, 6.07) is 1.43. The Morgan fingerprint density at radius 1 is 1.57 bits per heavy atom. The van der Waals surface area contributed by atoms with E-state index in [0.29, 0.717) is 24.8 Å². The highest BCUT2D eigenvalue weighted by Gasteiger charge is 2.39. The molecule has 120 valence electrons. The Kier molecular flexibility index (Phi) is 5.76. The normalized spacial score (nSPS) is 17.4. The molecule has 0 radical (unpaired) electrons. The third kappa shape index (κ3) is 3.82. The summed E-state index contributed by atoms with van der Waals surface area (Å²) in [5.74, 6) is 0.979. The Morgan fingerprint density at radius 2 is 2.24 bits per heavy atom. The minimum atomic E-state index is -3.64. The summed E-state index contributed by atoms with van der Waals surface area (Å²) in [4.78, 5) is 0.127. The minimum absolute atomic E-state index is 0.0496. The van der Waals surface area contributed by atoms with E-state index in [0.717, 1.165) is 12.8 Å². The third-order valence-electron chi connectivity index (χ3n) is 3.70. The van der Waals surface area contributed by atoms with Crippen LogP contribution in [0.2, 0.25) is 0 Å². The van der Waals surface area contributed by atoms with Gasteiger partial charge in [0.25, 0.3) is 0 Å². The van der Waals surface area contributed by atoms with Crippen LogP contribution in [0.3, 0.4) is 0 Å². The first-order chi connectivity index (χ1) is 9.91. The smallest absolute Gasteiger partial charge is 0.247 e. The maximum Gasteiger partial charge on any atom is 0.247 e. The number of alkyl halides is 1. The van der Waals surface area contributed by atoms with Crippen molar-refractivity contribution in [1.29, 1.82) is 0 Å². The Morgan fingerprint density at radius 3 is 2.71 bits per heavy atom. The van der Waals surface area contributed by atoms with Crippen LogP contribution in [0.1, 0.15) is 25.5 Å². The van der Waals surface area contributed by atoms with E-state index in [1.807, 2.05) is 6.92 Å². The summed E-state index contributed by atoms with van der Waals surface area (Å²) >= 11 is 8.88. The molecule has 0 bridgehead atoms. The van der Waals surface area contributed by atoms with Crippen molar-refractivity contribution in [2.45, 2.75) is 36.6 Å². The quantitative estimate of drug-likeness (QED) is 0.629. The van der Waals surface area contributed by atoms with E-state index in [1.165, 1.54) is 10.4 Å². The molecule has 0 N–H and O–H groups in total. The average Bonchev–Trinajstić information content (AvgIpc) is 3.21. The molecule has 0 saturated heterocycles. The van der Waals surface area contributed by atoms with E-state index in [2.05, 4.69) is 15.9 Å². The highest BCUT2D eigenvalue weighted by molar-refractivity contribution is 9.10. The summed E-state index contributed by atoms with van der Waals surface area (Å²) in [6.45, 7) is 2.62. The summed E-state index contributed by atoms with van der Waals surface area (Å²) < 4.78 is 37.9. The molecular weight excluding hydrogens is 382 g/mol. The molecule has 1 aromatic rings. The predicted molar refractivity (Wildman–Crippen MR) is 83.9 cm³/mol. The summed E-state index contributed by atoms with van der Waals surface area (Å²) in [5.41, 5.74) is 0. The Bertz CT molecular complexity index is 585. The molecule has 1 aliphatic carbocycles. The highest BCUT2D eigenvalue weighted by atomic mass is 79.9. The van der Waals surface area contributed by atoms with Gasteiger partial charge in [-0.05, 0) is 41.6 Å². The number of ether oxygens (including phenoxy) is 1. The van der Waals surface area contributed by atoms with Crippen molar-refractivity contribution in [3.8, 4) is 0 Å². The fraction of sp³-hybridized carbons (Fsp3) is 0.692. The number of furan rings is 1. The molecule has 21 heavy (non-hydrogen) atoms. The van der Waals surface area contributed by atoms with E-state index < -0.39 is 10.0 Å². The second-order valence-corrected chi connectivity index (χ2v) is 8.02. The van der Waals surface area contributed by atoms with Gasteiger partial charge in [-0.1, -0.05) is 0 Å². The lowest BCUT2D eigenvalue weighted by Gasteiger charge is -2.27. The fourth-order valence-corrected chi connectivity index (χ4v) is 5.07. The Balaban J connectivity index is 2.32. The average molecular weight is 401 g/mol. The molecular formula is C13H19BrClNO4S. The van der Waals surface area contributed by atoms with Crippen LogP contribution in [0.25, 0.3) is 0 Å². The van der Waals surface area contributed by atoms with Crippen LogP contribution in [0.15, 0.2) is 20.0 Å². The van der Waals surface area contributed by atoms with E-state index in [4.69, 9.17) is 20.8 Å². The van der Waals surface area contributed by atoms with Crippen LogP contribution in [-0.4, -0.2) is 39.0 Å². The monoisotopic (exact) mass is 399 g/mol. The van der Waals surface area contributed by atoms with Crippen LogP contribution in [0.4, 0.5) is 0 Å². The minimum Gasteiger partial charge on any atom is -0.452 e. The van der Waals surface area contributed by atoms with Gasteiger partial charge in [-0.15, -0.1) is 11.6 Å². The molecule has 1 saturated carbocycles. The third-order valence-corrected chi connectivity index (χ3v) is 6.81. The van der Waals surface area contributed by atoms with Gasteiger partial charge >= 0.3 is 0 Å². The SMILES string of the molecule is COCCN(C(C)C1CC1)S(=O)(=O)c1cc(CCl)oc1Br. The van der Waals surface area contributed by atoms with Crippen molar-refractivity contribution in [2.24, 2.45) is 5.92 Å². The van der Waals surface area contributed by atoms with Crippen molar-refractivity contribution in [2.75, 3.05) is 20.3 Å². The maximum atomic E-state index is 12.9. The van der Waals surface area contributed by atoms with Gasteiger partial charge in [0.15, 0.2) is 4.67 Å². The van der Waals surface area contributed by atoms with Gasteiger partial charge in [-0.25, -0.2) is 8.42 Å². The molecule has 1 aliphatic rings. The first-order valence-corrected chi connectivity index (χ1v) is 9.53. The maximum absolute atomic E-state index is 12.9. The summed E-state index contributed by atoms with van der Waals surface area (Å²) in [6.07, 6.45) is 2.14. The zero-order valence-corrected chi connectivity index (χ0v) is 15.2. The summed E-state index contributed by atoms with van der Waals surface area (Å²) in [7, 11) is -2.08. The molecule has 1 atom stereocenters. The van der Waals surface area contributed by atoms with Crippen LogP contribution in [0.5, 0.6) is 0 Å². The number of hydrogen-bond acceptors (Lipinski definition) is 4. The number of hydrogen-bond donors (Lipinski definition) is 0. The molecule has 0 spiro atoms. The van der Waals surface area contributed by atoms with Gasteiger partial charge < -0.3 is 9.15 Å². The topological polar surface area (TPSA) is 59.8 Å². The van der Waals surface area contributed by atoms with E-state index in [9.17, 15) is 8.42 Å². The number of nitrogens with zero attached hydrogens (tertiary/aromatic N) is 1. The number of sulfonamides is 1. The lowest BCUT2D eigenvalue weighted by Crippen LogP contribution is -2.41. The number of rotatable bonds is 8. The standard InChI is InChI=1S/C13H19BrClNO4S/c1-9(10-3-4-10)16(5-6-19-2)21(17,18)12-7-11(8-15)20-13(12)14/h7,9-10H,3-6,8H2,1-2H3. The predicted octanol–water partition coefficient (Wildman–Crippen LogP) is 3.22. The molecule has 0 aromatic carbocycles. The van der Waals surface area contributed by atoms with Crippen molar-refractivity contribution in [3.05, 3.63) is 16.5 Å². The van der Waals surface area contributed by atoms with Gasteiger partial charge in [0.1, 0.15) is 10.7 Å². The van der Waals surface area contributed by atoms with Gasteiger partial charge in [-0.3, -0.25) is 0 Å². The summed E-state index contributed by atoms with van der Waals surface area (Å²) in [5, 5.41) is 0. The molecule has 8 heteroatoms. The molecule has 0 aliphatic heterocycles. The van der Waals surface area contributed by atoms with E-state index >= 15 is 0 Å². The number of methoxy groups -OCH3 is 1. The number of halogens is 2. The van der Waals surface area contributed by atoms with Crippen molar-refractivity contribution in [3.63, 3.8) is 0 Å². The molecule has 1 unspecified atom stereocenters. The van der Waals surface area contributed by atoms with Crippen molar-refractivity contribution < 1.29 is 17.6 Å². The van der Waals surface area contributed by atoms with Gasteiger partial charge in [0.2, 0.25) is 10.0 Å². The Hall–Kier alpha value is -0.0800. The second kappa shape index (κ2) is 7.00. The first-order valence-electron chi connectivity index (χ1n) is 6.76. The highest BCUT2D eigenvalue weighted by Crippen LogP contribution is 2.38. The molecule has 2 rings (SSSR count). The van der Waals surface area contributed by atoms with E-state index in [-0.39, 0.29) is 21.5 Å². The largest absolute Gasteiger partial charge is 0.452 e. The van der Waals surface area contributed by atoms with Crippen LogP contribution in [0, 0.1) is 5.92 Å². The van der Waals surface area contributed by atoms with Crippen molar-refractivity contribution in [1.82, 2.24) is 4.31 Å². The van der Waals surface area contributed by atoms with Crippen LogP contribution < -0.4 is 0 Å². The van der Waals surface area contributed by atoms with Gasteiger partial charge in [0.05, 0.1) is 12.5 Å². The van der Waals surface area contributed by atoms with Crippen molar-refractivity contribution >= 4 is 37.6 Å².